The first-order valence-electron chi connectivity index (χ1n) is 7.11. The van der Waals surface area contributed by atoms with Crippen LogP contribution in [0.4, 0.5) is 0 Å². The minimum Gasteiger partial charge on any atom is -0.346 e. The van der Waals surface area contributed by atoms with Crippen LogP contribution in [-0.4, -0.2) is 25.5 Å². The standard InChI is InChI=1S/C16H13N5O2/c22-11-4-5-21-9-10(19-15(21)6-11)7-17-16(23)12-2-1-3-14-13(12)8-18-20-14/h1-6,8-9,19H,7H2,(H,17,23)(H,18,20). The van der Waals surface area contributed by atoms with Gasteiger partial charge in [0.25, 0.3) is 5.91 Å². The molecule has 0 radical (unpaired) electrons. The fourth-order valence-electron chi connectivity index (χ4n) is 2.60. The number of benzene rings is 1. The van der Waals surface area contributed by atoms with E-state index in [1.165, 1.54) is 12.1 Å². The van der Waals surface area contributed by atoms with Crippen LogP contribution in [0.5, 0.6) is 0 Å². The van der Waals surface area contributed by atoms with Crippen molar-refractivity contribution in [2.24, 2.45) is 0 Å². The molecule has 3 aromatic heterocycles. The fourth-order valence-corrected chi connectivity index (χ4v) is 2.60. The van der Waals surface area contributed by atoms with Crippen molar-refractivity contribution in [1.29, 1.82) is 0 Å². The van der Waals surface area contributed by atoms with Crippen LogP contribution in [0.15, 0.2) is 53.7 Å². The number of amides is 1. The average molecular weight is 307 g/mol. The molecule has 3 heterocycles. The van der Waals surface area contributed by atoms with E-state index in [1.807, 2.05) is 18.3 Å². The van der Waals surface area contributed by atoms with E-state index in [2.05, 4.69) is 20.5 Å². The quantitative estimate of drug-likeness (QED) is 0.534. The second kappa shape index (κ2) is 5.13. The van der Waals surface area contributed by atoms with Gasteiger partial charge in [-0.3, -0.25) is 14.7 Å². The summed E-state index contributed by atoms with van der Waals surface area (Å²) in [5, 5.41) is 10.5. The van der Waals surface area contributed by atoms with E-state index in [0.717, 1.165) is 16.6 Å². The van der Waals surface area contributed by atoms with Crippen LogP contribution in [0.1, 0.15) is 16.1 Å². The van der Waals surface area contributed by atoms with E-state index in [-0.39, 0.29) is 11.3 Å². The number of hydrogen-bond donors (Lipinski definition) is 3. The Labute approximate surface area is 130 Å². The highest BCUT2D eigenvalue weighted by atomic mass is 16.1. The third-order valence-corrected chi connectivity index (χ3v) is 3.71. The van der Waals surface area contributed by atoms with E-state index in [1.54, 1.807) is 22.9 Å². The summed E-state index contributed by atoms with van der Waals surface area (Å²) < 4.78 is 1.81. The molecule has 0 aliphatic carbocycles. The minimum absolute atomic E-state index is 0.0610. The van der Waals surface area contributed by atoms with Gasteiger partial charge in [0.15, 0.2) is 5.43 Å². The number of fused-ring (bicyclic) bond motifs is 2. The largest absolute Gasteiger partial charge is 0.346 e. The first-order chi connectivity index (χ1) is 11.2. The second-order valence-electron chi connectivity index (χ2n) is 5.25. The normalized spacial score (nSPS) is 11.1. The van der Waals surface area contributed by atoms with Crippen LogP contribution in [0.25, 0.3) is 16.6 Å². The highest BCUT2D eigenvalue weighted by Gasteiger charge is 2.11. The highest BCUT2D eigenvalue weighted by Crippen LogP contribution is 2.16. The summed E-state index contributed by atoms with van der Waals surface area (Å²) >= 11 is 0. The van der Waals surface area contributed by atoms with Crippen LogP contribution in [-0.2, 0) is 6.54 Å². The Morgan fingerprint density at radius 3 is 3.13 bits per heavy atom. The van der Waals surface area contributed by atoms with Gasteiger partial charge in [0.1, 0.15) is 5.65 Å². The Balaban J connectivity index is 1.56. The number of rotatable bonds is 3. The van der Waals surface area contributed by atoms with E-state index < -0.39 is 0 Å². The number of nitrogens with zero attached hydrogens (tertiary/aromatic N) is 2. The van der Waals surface area contributed by atoms with Crippen molar-refractivity contribution < 1.29 is 4.79 Å². The van der Waals surface area contributed by atoms with Gasteiger partial charge in [-0.1, -0.05) is 6.07 Å². The third kappa shape index (κ3) is 2.38. The summed E-state index contributed by atoms with van der Waals surface area (Å²) in [6.07, 6.45) is 5.16. The van der Waals surface area contributed by atoms with Crippen LogP contribution in [0.3, 0.4) is 0 Å². The molecular formula is C16H13N5O2. The van der Waals surface area contributed by atoms with Crippen molar-refractivity contribution in [3.05, 3.63) is 70.4 Å². The van der Waals surface area contributed by atoms with Crippen LogP contribution in [0, 0.1) is 0 Å². The molecule has 4 aromatic rings. The maximum atomic E-state index is 12.4. The summed E-state index contributed by atoms with van der Waals surface area (Å²) in [4.78, 5) is 26.8. The topological polar surface area (TPSA) is 95.0 Å². The summed E-state index contributed by atoms with van der Waals surface area (Å²) in [6.45, 7) is 0.336. The maximum Gasteiger partial charge on any atom is 0.252 e. The lowest BCUT2D eigenvalue weighted by Gasteiger charge is -2.04. The molecule has 0 fully saturated rings. The first kappa shape index (κ1) is 13.3. The lowest BCUT2D eigenvalue weighted by atomic mass is 10.1. The molecule has 3 N–H and O–H groups in total. The molecule has 7 heteroatoms. The highest BCUT2D eigenvalue weighted by molar-refractivity contribution is 6.05. The van der Waals surface area contributed by atoms with Gasteiger partial charge in [-0.2, -0.15) is 5.10 Å². The minimum atomic E-state index is -0.176. The van der Waals surface area contributed by atoms with Crippen molar-refractivity contribution in [2.75, 3.05) is 0 Å². The second-order valence-corrected chi connectivity index (χ2v) is 5.25. The van der Waals surface area contributed by atoms with Crippen LogP contribution < -0.4 is 10.7 Å². The molecule has 0 aliphatic rings. The molecule has 23 heavy (non-hydrogen) atoms. The number of carbonyl (C=O) groups is 1. The Morgan fingerprint density at radius 2 is 2.22 bits per heavy atom. The SMILES string of the molecule is O=C(NCc1cn2ccc(=O)cc2[nH]1)c1cccc2[nH]ncc12. The van der Waals surface area contributed by atoms with Crippen molar-refractivity contribution >= 4 is 22.5 Å². The smallest absolute Gasteiger partial charge is 0.252 e. The average Bonchev–Trinajstić information content (AvgIpc) is 3.17. The molecule has 0 spiro atoms. The number of hydrogen-bond acceptors (Lipinski definition) is 3. The molecule has 0 saturated heterocycles. The maximum absolute atomic E-state index is 12.4. The monoisotopic (exact) mass is 307 g/mol. The summed E-state index contributed by atoms with van der Waals surface area (Å²) in [5.41, 5.74) is 2.83. The zero-order chi connectivity index (χ0) is 15.8. The summed E-state index contributed by atoms with van der Waals surface area (Å²) in [6, 6.07) is 8.44. The number of imidazole rings is 1. The predicted molar refractivity (Wildman–Crippen MR) is 85.3 cm³/mol. The van der Waals surface area contributed by atoms with Crippen molar-refractivity contribution in [3.8, 4) is 0 Å². The molecule has 1 amide bonds. The number of nitrogens with one attached hydrogen (secondary N) is 3. The van der Waals surface area contributed by atoms with Gasteiger partial charge in [0.2, 0.25) is 0 Å². The van der Waals surface area contributed by atoms with Gasteiger partial charge in [-0.15, -0.1) is 0 Å². The number of aromatic nitrogens is 4. The zero-order valence-electron chi connectivity index (χ0n) is 12.0. The zero-order valence-corrected chi connectivity index (χ0v) is 12.0. The van der Waals surface area contributed by atoms with Gasteiger partial charge >= 0.3 is 0 Å². The fraction of sp³-hybridized carbons (Fsp3) is 0.0625. The Hall–Kier alpha value is -3.35. The molecule has 0 saturated carbocycles. The number of pyridine rings is 1. The van der Waals surface area contributed by atoms with Crippen molar-refractivity contribution in [3.63, 3.8) is 0 Å². The van der Waals surface area contributed by atoms with Gasteiger partial charge in [0, 0.05) is 29.9 Å². The van der Waals surface area contributed by atoms with E-state index in [0.29, 0.717) is 17.8 Å². The Morgan fingerprint density at radius 1 is 1.30 bits per heavy atom. The number of aromatic amines is 2. The van der Waals surface area contributed by atoms with Crippen molar-refractivity contribution in [2.45, 2.75) is 6.54 Å². The van der Waals surface area contributed by atoms with Gasteiger partial charge in [-0.05, 0) is 12.1 Å². The Kier molecular flexibility index (Phi) is 2.97. The molecule has 0 atom stereocenters. The lowest BCUT2D eigenvalue weighted by molar-refractivity contribution is 0.0952. The predicted octanol–water partition coefficient (Wildman–Crippen LogP) is 1.43. The van der Waals surface area contributed by atoms with Gasteiger partial charge in [0.05, 0.1) is 29.5 Å². The summed E-state index contributed by atoms with van der Waals surface area (Å²) in [5.74, 6) is -0.176. The molecular weight excluding hydrogens is 294 g/mol. The molecule has 4 rings (SSSR count). The molecule has 0 bridgehead atoms. The first-order valence-corrected chi connectivity index (χ1v) is 7.11. The van der Waals surface area contributed by atoms with Crippen molar-refractivity contribution in [1.82, 2.24) is 24.9 Å². The van der Waals surface area contributed by atoms with E-state index >= 15 is 0 Å². The number of carbonyl (C=O) groups excluding carboxylic acids is 1. The van der Waals surface area contributed by atoms with Crippen LogP contribution in [0.2, 0.25) is 0 Å². The third-order valence-electron chi connectivity index (χ3n) is 3.71. The van der Waals surface area contributed by atoms with Crippen LogP contribution >= 0.6 is 0 Å². The molecule has 0 aliphatic heterocycles. The molecule has 1 aromatic carbocycles. The molecule has 7 nitrogen and oxygen atoms in total. The van der Waals surface area contributed by atoms with E-state index in [4.69, 9.17) is 0 Å². The lowest BCUT2D eigenvalue weighted by Crippen LogP contribution is -2.23. The van der Waals surface area contributed by atoms with Gasteiger partial charge in [-0.25, -0.2) is 0 Å². The molecule has 0 unspecified atom stereocenters. The number of H-pyrrole nitrogens is 2. The Bertz CT molecular complexity index is 1070. The van der Waals surface area contributed by atoms with E-state index in [9.17, 15) is 9.59 Å². The molecule has 114 valence electrons. The van der Waals surface area contributed by atoms with Gasteiger partial charge < -0.3 is 14.7 Å². The summed E-state index contributed by atoms with van der Waals surface area (Å²) in [7, 11) is 0.